The molecule has 2 N–H and O–H groups in total. The summed E-state index contributed by atoms with van der Waals surface area (Å²) in [6, 6.07) is 0. The van der Waals surface area contributed by atoms with Gasteiger partial charge < -0.3 is 10.3 Å². The summed E-state index contributed by atoms with van der Waals surface area (Å²) in [6.45, 7) is 2.39. The molecule has 17 heavy (non-hydrogen) atoms. The van der Waals surface area contributed by atoms with Crippen LogP contribution in [0.1, 0.15) is 29.4 Å². The molecule has 0 saturated heterocycles. The van der Waals surface area contributed by atoms with Crippen LogP contribution in [0.3, 0.4) is 0 Å². The number of rotatable bonds is 4. The predicted octanol–water partition coefficient (Wildman–Crippen LogP) is 1.91. The van der Waals surface area contributed by atoms with Gasteiger partial charge in [-0.1, -0.05) is 5.16 Å². The fourth-order valence-corrected chi connectivity index (χ4v) is 2.61. The van der Waals surface area contributed by atoms with Crippen LogP contribution in [0.2, 0.25) is 0 Å². The van der Waals surface area contributed by atoms with Crippen molar-refractivity contribution in [3.05, 3.63) is 16.5 Å². The molecule has 0 unspecified atom stereocenters. The molecule has 90 valence electrons. The highest BCUT2D eigenvalue weighted by Gasteiger charge is 2.24. The van der Waals surface area contributed by atoms with Crippen LogP contribution in [0.25, 0.3) is 10.8 Å². The van der Waals surface area contributed by atoms with E-state index in [1.165, 1.54) is 24.2 Å². The minimum atomic E-state index is 0.453. The molecule has 0 amide bonds. The topological polar surface area (TPSA) is 77.8 Å². The fraction of sp³-hybridized carbons (Fsp3) is 0.545. The summed E-state index contributed by atoms with van der Waals surface area (Å²) in [7, 11) is 0. The van der Waals surface area contributed by atoms with Crippen molar-refractivity contribution in [3.8, 4) is 10.8 Å². The SMILES string of the molecule is Cc1nc(CN)sc1-c1nc(CC2CC2)no1. The van der Waals surface area contributed by atoms with Crippen LogP contribution in [-0.2, 0) is 13.0 Å². The first-order chi connectivity index (χ1) is 8.26. The second kappa shape index (κ2) is 4.19. The number of hydrogen-bond acceptors (Lipinski definition) is 6. The van der Waals surface area contributed by atoms with Gasteiger partial charge in [0.1, 0.15) is 9.88 Å². The van der Waals surface area contributed by atoms with Crippen LogP contribution in [0.15, 0.2) is 4.52 Å². The Morgan fingerprint density at radius 3 is 2.88 bits per heavy atom. The van der Waals surface area contributed by atoms with Crippen LogP contribution in [0, 0.1) is 12.8 Å². The zero-order valence-electron chi connectivity index (χ0n) is 9.64. The van der Waals surface area contributed by atoms with E-state index in [0.29, 0.717) is 12.4 Å². The molecule has 2 aromatic heterocycles. The summed E-state index contributed by atoms with van der Waals surface area (Å²) in [5.41, 5.74) is 6.48. The van der Waals surface area contributed by atoms with E-state index in [-0.39, 0.29) is 0 Å². The van der Waals surface area contributed by atoms with E-state index >= 15 is 0 Å². The summed E-state index contributed by atoms with van der Waals surface area (Å²) >= 11 is 1.53. The lowest BCUT2D eigenvalue weighted by molar-refractivity contribution is 0.421. The van der Waals surface area contributed by atoms with Crippen LogP contribution in [0.5, 0.6) is 0 Å². The molecule has 0 spiro atoms. The van der Waals surface area contributed by atoms with Gasteiger partial charge in [-0.2, -0.15) is 4.98 Å². The molecule has 3 rings (SSSR count). The smallest absolute Gasteiger partial charge is 0.269 e. The highest BCUT2D eigenvalue weighted by atomic mass is 32.1. The Bertz CT molecular complexity index is 529. The quantitative estimate of drug-likeness (QED) is 0.896. The van der Waals surface area contributed by atoms with Crippen molar-refractivity contribution in [2.45, 2.75) is 32.7 Å². The molecule has 0 bridgehead atoms. The highest BCUT2D eigenvalue weighted by Crippen LogP contribution is 2.33. The first-order valence-electron chi connectivity index (χ1n) is 5.75. The minimum absolute atomic E-state index is 0.453. The molecule has 0 radical (unpaired) electrons. The van der Waals surface area contributed by atoms with Crippen molar-refractivity contribution in [2.24, 2.45) is 11.7 Å². The van der Waals surface area contributed by atoms with Gasteiger partial charge in [-0.05, 0) is 25.7 Å². The minimum Gasteiger partial charge on any atom is -0.333 e. The molecule has 1 saturated carbocycles. The van der Waals surface area contributed by atoms with Gasteiger partial charge in [0, 0.05) is 13.0 Å². The van der Waals surface area contributed by atoms with Crippen LogP contribution in [0.4, 0.5) is 0 Å². The zero-order chi connectivity index (χ0) is 11.8. The Balaban J connectivity index is 1.86. The molecule has 2 heterocycles. The second-order valence-electron chi connectivity index (χ2n) is 4.39. The van der Waals surface area contributed by atoms with Crippen molar-refractivity contribution in [1.29, 1.82) is 0 Å². The maximum atomic E-state index is 5.57. The highest BCUT2D eigenvalue weighted by molar-refractivity contribution is 7.15. The van der Waals surface area contributed by atoms with E-state index in [1.807, 2.05) is 6.92 Å². The predicted molar refractivity (Wildman–Crippen MR) is 64.5 cm³/mol. The third-order valence-corrected chi connectivity index (χ3v) is 4.01. The van der Waals surface area contributed by atoms with Gasteiger partial charge in [0.15, 0.2) is 5.82 Å². The van der Waals surface area contributed by atoms with Gasteiger partial charge >= 0.3 is 0 Å². The lowest BCUT2D eigenvalue weighted by Crippen LogP contribution is -1.94. The van der Waals surface area contributed by atoms with E-state index in [0.717, 1.165) is 33.7 Å². The van der Waals surface area contributed by atoms with Gasteiger partial charge in [-0.25, -0.2) is 4.98 Å². The number of aromatic nitrogens is 3. The monoisotopic (exact) mass is 250 g/mol. The lowest BCUT2D eigenvalue weighted by atomic mass is 10.3. The third-order valence-electron chi connectivity index (χ3n) is 2.85. The van der Waals surface area contributed by atoms with E-state index in [4.69, 9.17) is 10.3 Å². The number of nitrogens with two attached hydrogens (primary N) is 1. The van der Waals surface area contributed by atoms with Gasteiger partial charge in [0.2, 0.25) is 0 Å². The largest absolute Gasteiger partial charge is 0.333 e. The molecular formula is C11H14N4OS. The molecule has 1 aliphatic rings. The average Bonchev–Trinajstić information content (AvgIpc) is 2.87. The van der Waals surface area contributed by atoms with E-state index in [2.05, 4.69) is 15.1 Å². The maximum absolute atomic E-state index is 5.57. The van der Waals surface area contributed by atoms with Crippen molar-refractivity contribution in [3.63, 3.8) is 0 Å². The van der Waals surface area contributed by atoms with Gasteiger partial charge in [-0.15, -0.1) is 11.3 Å². The fourth-order valence-electron chi connectivity index (χ4n) is 1.75. The Morgan fingerprint density at radius 1 is 1.41 bits per heavy atom. The standard InChI is InChI=1S/C11H14N4OS/c1-6-10(17-9(5-12)13-6)11-14-8(15-16-11)4-7-2-3-7/h7H,2-5,12H2,1H3. The average molecular weight is 250 g/mol. The first kappa shape index (κ1) is 10.9. The number of thiazole rings is 1. The summed E-state index contributed by atoms with van der Waals surface area (Å²) in [5.74, 6) is 2.16. The molecule has 0 atom stereocenters. The van der Waals surface area contributed by atoms with E-state index < -0.39 is 0 Å². The summed E-state index contributed by atoms with van der Waals surface area (Å²) in [4.78, 5) is 9.72. The molecule has 0 aromatic carbocycles. The molecule has 1 fully saturated rings. The van der Waals surface area contributed by atoms with Gasteiger partial charge in [0.25, 0.3) is 5.89 Å². The van der Waals surface area contributed by atoms with Crippen molar-refractivity contribution in [2.75, 3.05) is 0 Å². The summed E-state index contributed by atoms with van der Waals surface area (Å²) < 4.78 is 5.29. The molecular weight excluding hydrogens is 236 g/mol. The summed E-state index contributed by atoms with van der Waals surface area (Å²) in [6.07, 6.45) is 3.52. The van der Waals surface area contributed by atoms with Crippen LogP contribution >= 0.6 is 11.3 Å². The molecule has 2 aromatic rings. The van der Waals surface area contributed by atoms with Crippen LogP contribution < -0.4 is 5.73 Å². The van der Waals surface area contributed by atoms with Crippen molar-refractivity contribution >= 4 is 11.3 Å². The number of aryl methyl sites for hydroxylation is 1. The molecule has 1 aliphatic carbocycles. The van der Waals surface area contributed by atoms with Crippen LogP contribution in [-0.4, -0.2) is 15.1 Å². The van der Waals surface area contributed by atoms with Crippen molar-refractivity contribution < 1.29 is 4.52 Å². The Labute approximate surface area is 103 Å². The summed E-state index contributed by atoms with van der Waals surface area (Å²) in [5, 5.41) is 4.91. The van der Waals surface area contributed by atoms with E-state index in [1.54, 1.807) is 0 Å². The Hall–Kier alpha value is -1.27. The third kappa shape index (κ3) is 2.23. The second-order valence-corrected chi connectivity index (χ2v) is 5.47. The van der Waals surface area contributed by atoms with Gasteiger partial charge in [0.05, 0.1) is 5.69 Å². The molecule has 0 aliphatic heterocycles. The first-order valence-corrected chi connectivity index (χ1v) is 6.57. The molecule has 5 nitrogen and oxygen atoms in total. The Kier molecular flexibility index (Phi) is 2.68. The number of nitrogens with zero attached hydrogens (tertiary/aromatic N) is 3. The lowest BCUT2D eigenvalue weighted by Gasteiger charge is -1.87. The molecule has 6 heteroatoms. The maximum Gasteiger partial charge on any atom is 0.269 e. The zero-order valence-corrected chi connectivity index (χ0v) is 10.5. The van der Waals surface area contributed by atoms with E-state index in [9.17, 15) is 0 Å². The normalized spacial score (nSPS) is 15.4. The Morgan fingerprint density at radius 2 is 2.24 bits per heavy atom. The van der Waals surface area contributed by atoms with Crippen molar-refractivity contribution in [1.82, 2.24) is 15.1 Å². The van der Waals surface area contributed by atoms with Gasteiger partial charge in [-0.3, -0.25) is 0 Å². The number of hydrogen-bond donors (Lipinski definition) is 1.